The van der Waals surface area contributed by atoms with Crippen molar-refractivity contribution in [3.63, 3.8) is 0 Å². The first-order chi connectivity index (χ1) is 7.88. The van der Waals surface area contributed by atoms with Crippen LogP contribution in [-0.4, -0.2) is 30.8 Å². The molecule has 0 aromatic carbocycles. The highest BCUT2D eigenvalue weighted by Crippen LogP contribution is 2.29. The van der Waals surface area contributed by atoms with Crippen LogP contribution in [0.4, 0.5) is 0 Å². The van der Waals surface area contributed by atoms with Crippen LogP contribution in [0.25, 0.3) is 0 Å². The van der Waals surface area contributed by atoms with Crippen molar-refractivity contribution in [2.75, 3.05) is 6.26 Å². The van der Waals surface area contributed by atoms with Crippen LogP contribution in [0.2, 0.25) is 0 Å². The maximum atomic E-state index is 11.5. The second-order valence-electron chi connectivity index (χ2n) is 4.18. The molecular weight excluding hydrogens is 246 g/mol. The number of aromatic nitrogens is 2. The molecule has 0 spiro atoms. The van der Waals surface area contributed by atoms with E-state index in [1.165, 1.54) is 0 Å². The van der Waals surface area contributed by atoms with E-state index in [2.05, 4.69) is 15.5 Å². The van der Waals surface area contributed by atoms with Crippen LogP contribution in [0.1, 0.15) is 31.7 Å². The van der Waals surface area contributed by atoms with Gasteiger partial charge < -0.3 is 9.73 Å². The van der Waals surface area contributed by atoms with E-state index in [1.54, 1.807) is 6.92 Å². The number of hydrogen-bond donors (Lipinski definition) is 1. The molecule has 1 aliphatic carbocycles. The molecule has 2 rings (SSSR count). The third-order valence-corrected chi connectivity index (χ3v) is 3.22. The lowest BCUT2D eigenvalue weighted by Gasteiger charge is -2.08. The third kappa shape index (κ3) is 2.82. The minimum atomic E-state index is -3.50. The van der Waals surface area contributed by atoms with Gasteiger partial charge in [-0.2, -0.15) is 0 Å². The highest BCUT2D eigenvalue weighted by molar-refractivity contribution is 7.90. The molecule has 1 saturated carbocycles. The Balaban J connectivity index is 2.06. The Hall–Kier alpha value is -1.44. The molecule has 0 radical (unpaired) electrons. The van der Waals surface area contributed by atoms with Gasteiger partial charge in [0.1, 0.15) is 6.04 Å². The number of rotatable bonds is 4. The number of carbonyl (C=O) groups excluding carboxylic acids is 1. The predicted molar refractivity (Wildman–Crippen MR) is 56.7 cm³/mol. The molecule has 1 N–H and O–H groups in total. The normalized spacial score (nSPS) is 17.8. The van der Waals surface area contributed by atoms with Crippen LogP contribution in [-0.2, 0) is 14.6 Å². The maximum absolute atomic E-state index is 11.5. The van der Waals surface area contributed by atoms with E-state index in [0.29, 0.717) is 0 Å². The number of nitrogens with zero attached hydrogens (tertiary/aromatic N) is 2. The Bertz CT molecular complexity index is 532. The van der Waals surface area contributed by atoms with E-state index in [4.69, 9.17) is 4.42 Å². The van der Waals surface area contributed by atoms with Gasteiger partial charge in [0, 0.05) is 12.2 Å². The van der Waals surface area contributed by atoms with Crippen LogP contribution >= 0.6 is 0 Å². The van der Waals surface area contributed by atoms with Crippen molar-refractivity contribution in [2.45, 2.75) is 31.0 Å². The van der Waals surface area contributed by atoms with Gasteiger partial charge in [-0.25, -0.2) is 8.42 Å². The smallest absolute Gasteiger partial charge is 0.335 e. The molecule has 1 aromatic rings. The monoisotopic (exact) mass is 259 g/mol. The zero-order chi connectivity index (χ0) is 12.6. The number of sulfone groups is 1. The quantitative estimate of drug-likeness (QED) is 0.820. The number of hydrogen-bond acceptors (Lipinski definition) is 6. The van der Waals surface area contributed by atoms with Crippen molar-refractivity contribution in [3.8, 4) is 0 Å². The summed E-state index contributed by atoms with van der Waals surface area (Å²) in [5.74, 6) is 0.116. The lowest BCUT2D eigenvalue weighted by atomic mass is 10.3. The molecule has 0 saturated heterocycles. The fourth-order valence-electron chi connectivity index (χ4n) is 1.28. The standard InChI is InChI=1S/C9H13N3O4S/c1-5(10-7(13)6-3-4-6)8-11-12-9(16-8)17(2,14)15/h5-6H,3-4H2,1-2H3,(H,10,13)/t5-/m0/s1. The van der Waals surface area contributed by atoms with E-state index in [0.717, 1.165) is 19.1 Å². The van der Waals surface area contributed by atoms with Gasteiger partial charge in [0.05, 0.1) is 0 Å². The van der Waals surface area contributed by atoms with Crippen molar-refractivity contribution in [3.05, 3.63) is 5.89 Å². The summed E-state index contributed by atoms with van der Waals surface area (Å²) in [6.07, 6.45) is 2.78. The van der Waals surface area contributed by atoms with Crippen molar-refractivity contribution >= 4 is 15.7 Å². The molecule has 1 fully saturated rings. The number of carbonyl (C=O) groups is 1. The lowest BCUT2D eigenvalue weighted by molar-refractivity contribution is -0.123. The largest absolute Gasteiger partial charge is 0.410 e. The van der Waals surface area contributed by atoms with E-state index in [-0.39, 0.29) is 17.7 Å². The van der Waals surface area contributed by atoms with Gasteiger partial charge in [0.2, 0.25) is 21.6 Å². The molecule has 0 bridgehead atoms. The molecule has 1 aromatic heterocycles. The Morgan fingerprint density at radius 1 is 1.47 bits per heavy atom. The fourth-order valence-corrected chi connectivity index (χ4v) is 1.71. The van der Waals surface area contributed by atoms with Crippen molar-refractivity contribution in [1.29, 1.82) is 0 Å². The van der Waals surface area contributed by atoms with Crippen molar-refractivity contribution in [2.24, 2.45) is 5.92 Å². The summed E-state index contributed by atoms with van der Waals surface area (Å²) >= 11 is 0. The summed E-state index contributed by atoms with van der Waals surface area (Å²) in [7, 11) is -3.50. The minimum Gasteiger partial charge on any atom is -0.410 e. The highest BCUT2D eigenvalue weighted by atomic mass is 32.2. The molecule has 94 valence electrons. The van der Waals surface area contributed by atoms with Gasteiger partial charge in [-0.1, -0.05) is 5.10 Å². The molecule has 1 atom stereocenters. The summed E-state index contributed by atoms with van der Waals surface area (Å²) in [6.45, 7) is 1.67. The average molecular weight is 259 g/mol. The first-order valence-electron chi connectivity index (χ1n) is 5.22. The zero-order valence-electron chi connectivity index (χ0n) is 9.50. The Morgan fingerprint density at radius 2 is 2.12 bits per heavy atom. The van der Waals surface area contributed by atoms with Crippen LogP contribution in [0.3, 0.4) is 0 Å². The predicted octanol–water partition coefficient (Wildman–Crippen LogP) is 0.0603. The second-order valence-corrected chi connectivity index (χ2v) is 6.08. The first-order valence-corrected chi connectivity index (χ1v) is 7.11. The highest BCUT2D eigenvalue weighted by Gasteiger charge is 2.31. The van der Waals surface area contributed by atoms with E-state index in [1.807, 2.05) is 0 Å². The minimum absolute atomic E-state index is 0.0587. The number of amides is 1. The van der Waals surface area contributed by atoms with Crippen molar-refractivity contribution in [1.82, 2.24) is 15.5 Å². The van der Waals surface area contributed by atoms with Crippen LogP contribution < -0.4 is 5.32 Å². The average Bonchev–Trinajstić information content (AvgIpc) is 2.93. The third-order valence-electron chi connectivity index (χ3n) is 2.42. The molecular formula is C9H13N3O4S. The molecule has 8 heteroatoms. The molecule has 7 nitrogen and oxygen atoms in total. The van der Waals surface area contributed by atoms with Gasteiger partial charge in [-0.3, -0.25) is 4.79 Å². The molecule has 1 heterocycles. The van der Waals surface area contributed by atoms with Crippen molar-refractivity contribution < 1.29 is 17.6 Å². The Morgan fingerprint density at radius 3 is 2.59 bits per heavy atom. The SMILES string of the molecule is C[C@H](NC(=O)C1CC1)c1nnc(S(C)(=O)=O)o1. The number of nitrogens with one attached hydrogen (secondary N) is 1. The van der Waals surface area contributed by atoms with Gasteiger partial charge in [0.25, 0.3) is 0 Å². The fraction of sp³-hybridized carbons (Fsp3) is 0.667. The van der Waals surface area contributed by atoms with Crippen LogP contribution in [0.5, 0.6) is 0 Å². The molecule has 1 aliphatic rings. The summed E-state index contributed by atoms with van der Waals surface area (Å²) in [5.41, 5.74) is 0. The van der Waals surface area contributed by atoms with Gasteiger partial charge in [-0.05, 0) is 19.8 Å². The maximum Gasteiger partial charge on any atom is 0.335 e. The molecule has 17 heavy (non-hydrogen) atoms. The van der Waals surface area contributed by atoms with E-state index < -0.39 is 21.1 Å². The molecule has 1 amide bonds. The topological polar surface area (TPSA) is 102 Å². The molecule has 0 aliphatic heterocycles. The van der Waals surface area contributed by atoms with Gasteiger partial charge in [-0.15, -0.1) is 5.10 Å². The summed E-state index contributed by atoms with van der Waals surface area (Å²) in [6, 6.07) is -0.480. The van der Waals surface area contributed by atoms with E-state index >= 15 is 0 Å². The van der Waals surface area contributed by atoms with E-state index in [9.17, 15) is 13.2 Å². The second kappa shape index (κ2) is 4.10. The summed E-state index contributed by atoms with van der Waals surface area (Å²) < 4.78 is 27.2. The zero-order valence-corrected chi connectivity index (χ0v) is 10.3. The van der Waals surface area contributed by atoms with Crippen LogP contribution in [0, 0.1) is 5.92 Å². The van der Waals surface area contributed by atoms with Gasteiger partial charge in [0.15, 0.2) is 0 Å². The Kier molecular flexibility index (Phi) is 2.90. The lowest BCUT2D eigenvalue weighted by Crippen LogP contribution is -2.28. The Labute approximate surface area is 98.5 Å². The van der Waals surface area contributed by atoms with Gasteiger partial charge >= 0.3 is 5.22 Å². The van der Waals surface area contributed by atoms with Crippen LogP contribution in [0.15, 0.2) is 9.64 Å². The first kappa shape index (κ1) is 12.0. The summed E-state index contributed by atoms with van der Waals surface area (Å²) in [4.78, 5) is 11.5. The molecule has 0 unspecified atom stereocenters. The summed E-state index contributed by atoms with van der Waals surface area (Å²) in [5, 5.41) is 9.29.